The fraction of sp³-hybridized carbons (Fsp3) is 0.588. The maximum atomic E-state index is 10.4. The molecule has 0 bridgehead atoms. The minimum atomic E-state index is -0.885. The first-order chi connectivity index (χ1) is 9.51. The van der Waals surface area contributed by atoms with Gasteiger partial charge in [0.25, 0.3) is 0 Å². The van der Waals surface area contributed by atoms with Crippen molar-refractivity contribution < 1.29 is 39.5 Å². The van der Waals surface area contributed by atoms with E-state index >= 15 is 0 Å². The molecule has 1 aromatic carbocycles. The second-order valence-corrected chi connectivity index (χ2v) is 5.26. The Morgan fingerprint density at radius 3 is 1.95 bits per heavy atom. The van der Waals surface area contributed by atoms with Gasteiger partial charge >= 0.3 is 29.6 Å². The normalized spacial score (nSPS) is 11.1. The van der Waals surface area contributed by atoms with Crippen molar-refractivity contribution in [2.24, 2.45) is 11.7 Å². The maximum absolute atomic E-state index is 10.4. The van der Waals surface area contributed by atoms with Gasteiger partial charge in [-0.15, -0.1) is 0 Å². The van der Waals surface area contributed by atoms with Gasteiger partial charge in [-0.05, 0) is 37.7 Å². The minimum Gasteiger partial charge on any atom is -0.550 e. The Labute approximate surface area is 151 Å². The number of hydrogen-bond acceptors (Lipinski definition) is 3. The van der Waals surface area contributed by atoms with Crippen molar-refractivity contribution in [3.63, 3.8) is 0 Å². The van der Waals surface area contributed by atoms with Gasteiger partial charge in [-0.3, -0.25) is 0 Å². The van der Waals surface area contributed by atoms with Gasteiger partial charge in [0.15, 0.2) is 0 Å². The topological polar surface area (TPSA) is 66.2 Å². The summed E-state index contributed by atoms with van der Waals surface area (Å²) >= 11 is 0. The maximum Gasteiger partial charge on any atom is 1.00 e. The average Bonchev–Trinajstić information content (AvgIpc) is 2.39. The van der Waals surface area contributed by atoms with Crippen molar-refractivity contribution in [1.29, 1.82) is 0 Å². The van der Waals surface area contributed by atoms with Crippen LogP contribution in [0.2, 0.25) is 0 Å². The summed E-state index contributed by atoms with van der Waals surface area (Å²) in [7, 11) is 0. The molecular weight excluding hydrogens is 273 g/mol. The second kappa shape index (κ2) is 14.6. The smallest absolute Gasteiger partial charge is 0.550 e. The third-order valence-corrected chi connectivity index (χ3v) is 3.01. The first-order valence-electron chi connectivity index (χ1n) is 7.51. The van der Waals surface area contributed by atoms with Crippen LogP contribution >= 0.6 is 0 Å². The molecule has 0 spiro atoms. The van der Waals surface area contributed by atoms with Crippen molar-refractivity contribution in [3.8, 4) is 0 Å². The SMILES string of the molecule is CC(N)Cc1ccccc1.CCCC(CCC)C(=O)[O-].[Na+]. The molecular formula is C17H28NNaO2. The van der Waals surface area contributed by atoms with Crippen LogP contribution < -0.4 is 40.4 Å². The predicted molar refractivity (Wildman–Crippen MR) is 82.1 cm³/mol. The summed E-state index contributed by atoms with van der Waals surface area (Å²) in [6.45, 7) is 6.00. The van der Waals surface area contributed by atoms with E-state index in [4.69, 9.17) is 5.73 Å². The number of nitrogens with two attached hydrogens (primary N) is 1. The Morgan fingerprint density at radius 1 is 1.14 bits per heavy atom. The zero-order chi connectivity index (χ0) is 15.4. The van der Waals surface area contributed by atoms with Crippen molar-refractivity contribution in [1.82, 2.24) is 0 Å². The van der Waals surface area contributed by atoms with Gasteiger partial charge in [0.05, 0.1) is 0 Å². The summed E-state index contributed by atoms with van der Waals surface area (Å²) in [5.41, 5.74) is 6.94. The summed E-state index contributed by atoms with van der Waals surface area (Å²) in [4.78, 5) is 10.4. The third kappa shape index (κ3) is 13.1. The number of hydrogen-bond donors (Lipinski definition) is 1. The van der Waals surface area contributed by atoms with Crippen LogP contribution in [-0.4, -0.2) is 12.0 Å². The number of carbonyl (C=O) groups is 1. The summed E-state index contributed by atoms with van der Waals surface area (Å²) in [5.74, 6) is -1.10. The van der Waals surface area contributed by atoms with Gasteiger partial charge in [0.2, 0.25) is 0 Å². The Hall–Kier alpha value is -0.350. The van der Waals surface area contributed by atoms with Crippen LogP contribution in [0.5, 0.6) is 0 Å². The molecule has 0 aliphatic rings. The second-order valence-electron chi connectivity index (χ2n) is 5.26. The fourth-order valence-electron chi connectivity index (χ4n) is 2.06. The summed E-state index contributed by atoms with van der Waals surface area (Å²) < 4.78 is 0. The number of carbonyl (C=O) groups excluding carboxylic acids is 1. The molecule has 1 atom stereocenters. The zero-order valence-corrected chi connectivity index (χ0v) is 16.0. The molecule has 2 N–H and O–H groups in total. The predicted octanol–water partition coefficient (Wildman–Crippen LogP) is -0.467. The van der Waals surface area contributed by atoms with Crippen LogP contribution in [0.3, 0.4) is 0 Å². The van der Waals surface area contributed by atoms with Crippen LogP contribution in [0.1, 0.15) is 52.0 Å². The molecule has 3 nitrogen and oxygen atoms in total. The fourth-order valence-corrected chi connectivity index (χ4v) is 2.06. The Balaban J connectivity index is 0. The minimum absolute atomic E-state index is 0. The van der Waals surface area contributed by atoms with E-state index in [0.717, 1.165) is 32.1 Å². The van der Waals surface area contributed by atoms with E-state index in [9.17, 15) is 9.90 Å². The molecule has 0 fully saturated rings. The molecule has 4 heteroatoms. The number of benzene rings is 1. The summed E-state index contributed by atoms with van der Waals surface area (Å²) in [6, 6.07) is 10.6. The standard InChI is InChI=1S/C9H13N.C8H16O2.Na/c1-8(10)7-9-5-3-2-4-6-9;1-3-5-7(6-4-2)8(9)10;/h2-6,8H,7,10H2,1H3;7H,3-6H2,1-2H3,(H,9,10);/q;;+1/p-1. The van der Waals surface area contributed by atoms with Crippen molar-refractivity contribution in [3.05, 3.63) is 35.9 Å². The molecule has 0 saturated heterocycles. The largest absolute Gasteiger partial charge is 1.00 e. The molecule has 0 saturated carbocycles. The third-order valence-electron chi connectivity index (χ3n) is 3.01. The van der Waals surface area contributed by atoms with Gasteiger partial charge in [-0.25, -0.2) is 0 Å². The van der Waals surface area contributed by atoms with Gasteiger partial charge in [0, 0.05) is 12.0 Å². The Bertz CT molecular complexity index is 349. The van der Waals surface area contributed by atoms with Crippen LogP contribution in [0.25, 0.3) is 0 Å². The molecule has 114 valence electrons. The van der Waals surface area contributed by atoms with Gasteiger partial charge in [-0.1, -0.05) is 57.0 Å². The zero-order valence-electron chi connectivity index (χ0n) is 14.0. The Kier molecular flexibility index (Phi) is 15.9. The number of rotatable bonds is 7. The Morgan fingerprint density at radius 2 is 1.62 bits per heavy atom. The quantitative estimate of drug-likeness (QED) is 0.693. The number of aliphatic carboxylic acids is 1. The molecule has 0 aromatic heterocycles. The molecule has 0 heterocycles. The number of carboxylic acid groups (broad SMARTS) is 1. The number of carboxylic acids is 1. The van der Waals surface area contributed by atoms with E-state index < -0.39 is 5.97 Å². The van der Waals surface area contributed by atoms with E-state index in [1.165, 1.54) is 5.56 Å². The average molecular weight is 301 g/mol. The van der Waals surface area contributed by atoms with Crippen molar-refractivity contribution >= 4 is 5.97 Å². The van der Waals surface area contributed by atoms with E-state index in [2.05, 4.69) is 12.1 Å². The van der Waals surface area contributed by atoms with Crippen molar-refractivity contribution in [2.45, 2.75) is 58.9 Å². The molecule has 0 radical (unpaired) electrons. The van der Waals surface area contributed by atoms with Gasteiger partial charge in [0.1, 0.15) is 0 Å². The van der Waals surface area contributed by atoms with Crippen LogP contribution in [-0.2, 0) is 11.2 Å². The molecule has 1 aromatic rings. The monoisotopic (exact) mass is 301 g/mol. The van der Waals surface area contributed by atoms with E-state index in [1.807, 2.05) is 39.0 Å². The first-order valence-corrected chi connectivity index (χ1v) is 7.51. The molecule has 0 aliphatic carbocycles. The van der Waals surface area contributed by atoms with Gasteiger partial charge < -0.3 is 15.6 Å². The molecule has 1 rings (SSSR count). The van der Waals surface area contributed by atoms with Crippen LogP contribution in [0.4, 0.5) is 0 Å². The summed E-state index contributed by atoms with van der Waals surface area (Å²) in [6.07, 6.45) is 4.35. The molecule has 21 heavy (non-hydrogen) atoms. The van der Waals surface area contributed by atoms with Crippen LogP contribution in [0, 0.1) is 5.92 Å². The molecule has 0 amide bonds. The summed E-state index contributed by atoms with van der Waals surface area (Å²) in [5, 5.41) is 10.4. The first kappa shape index (κ1) is 22.9. The van der Waals surface area contributed by atoms with E-state index in [-0.39, 0.29) is 41.5 Å². The van der Waals surface area contributed by atoms with Gasteiger partial charge in [-0.2, -0.15) is 0 Å². The van der Waals surface area contributed by atoms with E-state index in [0.29, 0.717) is 0 Å². The van der Waals surface area contributed by atoms with Crippen molar-refractivity contribution in [2.75, 3.05) is 0 Å². The van der Waals surface area contributed by atoms with Crippen LogP contribution in [0.15, 0.2) is 30.3 Å². The van der Waals surface area contributed by atoms with E-state index in [1.54, 1.807) is 0 Å². The molecule has 0 aliphatic heterocycles. The molecule has 1 unspecified atom stereocenters.